The van der Waals surface area contributed by atoms with Gasteiger partial charge in [0.15, 0.2) is 0 Å². The number of nitrogens with one attached hydrogen (secondary N) is 1. The van der Waals surface area contributed by atoms with Crippen molar-refractivity contribution in [3.05, 3.63) is 29.7 Å². The van der Waals surface area contributed by atoms with Gasteiger partial charge in [0.25, 0.3) is 0 Å². The highest BCUT2D eigenvalue weighted by atomic mass is 32.1. The Bertz CT molecular complexity index is 455. The van der Waals surface area contributed by atoms with Crippen molar-refractivity contribution in [2.75, 3.05) is 0 Å². The molecule has 0 aliphatic rings. The molecular formula is C12H16N4S. The molecule has 0 bridgehead atoms. The van der Waals surface area contributed by atoms with Crippen molar-refractivity contribution in [2.24, 2.45) is 0 Å². The summed E-state index contributed by atoms with van der Waals surface area (Å²) in [5.41, 5.74) is 1.91. The zero-order chi connectivity index (χ0) is 12.1. The zero-order valence-corrected chi connectivity index (χ0v) is 10.9. The molecule has 1 N–H and O–H groups in total. The summed E-state index contributed by atoms with van der Waals surface area (Å²) in [6, 6.07) is 0.525. The Balaban J connectivity index is 2.01. The Labute approximate surface area is 105 Å². The van der Waals surface area contributed by atoms with E-state index in [0.29, 0.717) is 6.04 Å². The monoisotopic (exact) mass is 248 g/mol. The molecule has 0 saturated carbocycles. The minimum Gasteiger partial charge on any atom is -0.309 e. The first kappa shape index (κ1) is 12.1. The molecule has 0 amide bonds. The van der Waals surface area contributed by atoms with E-state index in [1.807, 2.05) is 0 Å². The molecule has 0 spiro atoms. The minimum absolute atomic E-state index is 0.525. The zero-order valence-electron chi connectivity index (χ0n) is 10.1. The number of hydrogen-bond donors (Lipinski definition) is 1. The Morgan fingerprint density at radius 3 is 3.00 bits per heavy atom. The number of hydrogen-bond acceptors (Lipinski definition) is 5. The lowest BCUT2D eigenvalue weighted by molar-refractivity contribution is 0.530. The molecule has 0 fully saturated rings. The number of thiazole rings is 1. The van der Waals surface area contributed by atoms with Crippen molar-refractivity contribution in [3.8, 4) is 10.7 Å². The molecule has 4 nitrogen and oxygen atoms in total. The van der Waals surface area contributed by atoms with Crippen molar-refractivity contribution in [3.63, 3.8) is 0 Å². The smallest absolute Gasteiger partial charge is 0.143 e. The maximum atomic E-state index is 4.54. The van der Waals surface area contributed by atoms with Crippen LogP contribution in [0.2, 0.25) is 0 Å². The molecule has 0 aromatic carbocycles. The topological polar surface area (TPSA) is 50.7 Å². The average molecular weight is 248 g/mol. The van der Waals surface area contributed by atoms with Crippen LogP contribution < -0.4 is 5.32 Å². The van der Waals surface area contributed by atoms with Gasteiger partial charge in [0.2, 0.25) is 0 Å². The van der Waals surface area contributed by atoms with Gasteiger partial charge in [-0.25, -0.2) is 4.98 Å². The fourth-order valence-corrected chi connectivity index (χ4v) is 2.12. The lowest BCUT2D eigenvalue weighted by atomic mass is 10.2. The maximum Gasteiger partial charge on any atom is 0.143 e. The van der Waals surface area contributed by atoms with Crippen LogP contribution in [0.1, 0.15) is 26.0 Å². The summed E-state index contributed by atoms with van der Waals surface area (Å²) in [5, 5.41) is 6.42. The molecule has 5 heteroatoms. The van der Waals surface area contributed by atoms with Gasteiger partial charge in [0.05, 0.1) is 11.9 Å². The van der Waals surface area contributed by atoms with Crippen LogP contribution in [0.3, 0.4) is 0 Å². The van der Waals surface area contributed by atoms with E-state index in [-0.39, 0.29) is 0 Å². The summed E-state index contributed by atoms with van der Waals surface area (Å²) in [5.74, 6) is 0. The highest BCUT2D eigenvalue weighted by Crippen LogP contribution is 2.20. The lowest BCUT2D eigenvalue weighted by Gasteiger charge is -2.08. The Morgan fingerprint density at radius 2 is 2.29 bits per heavy atom. The van der Waals surface area contributed by atoms with Crippen molar-refractivity contribution in [1.29, 1.82) is 0 Å². The van der Waals surface area contributed by atoms with E-state index in [0.717, 1.165) is 29.4 Å². The lowest BCUT2D eigenvalue weighted by Crippen LogP contribution is -2.24. The molecule has 0 aliphatic carbocycles. The third kappa shape index (κ3) is 3.31. The molecule has 2 aromatic rings. The predicted molar refractivity (Wildman–Crippen MR) is 69.7 cm³/mol. The number of rotatable bonds is 5. The third-order valence-corrected chi connectivity index (χ3v) is 3.49. The molecular weight excluding hydrogens is 232 g/mol. The fourth-order valence-electron chi connectivity index (χ4n) is 1.34. The van der Waals surface area contributed by atoms with Crippen molar-refractivity contribution in [2.45, 2.75) is 32.9 Å². The summed E-state index contributed by atoms with van der Waals surface area (Å²) < 4.78 is 0. The molecule has 17 heavy (non-hydrogen) atoms. The van der Waals surface area contributed by atoms with E-state index in [1.165, 1.54) is 0 Å². The Morgan fingerprint density at radius 1 is 1.41 bits per heavy atom. The number of aromatic nitrogens is 3. The van der Waals surface area contributed by atoms with Gasteiger partial charge in [-0.2, -0.15) is 0 Å². The van der Waals surface area contributed by atoms with E-state index < -0.39 is 0 Å². The van der Waals surface area contributed by atoms with E-state index in [2.05, 4.69) is 39.5 Å². The van der Waals surface area contributed by atoms with Gasteiger partial charge in [-0.05, 0) is 13.3 Å². The summed E-state index contributed by atoms with van der Waals surface area (Å²) in [4.78, 5) is 12.8. The first-order valence-electron chi connectivity index (χ1n) is 5.73. The van der Waals surface area contributed by atoms with Crippen molar-refractivity contribution in [1.82, 2.24) is 20.3 Å². The quantitative estimate of drug-likeness (QED) is 0.883. The summed E-state index contributed by atoms with van der Waals surface area (Å²) in [6.07, 6.45) is 6.22. The normalized spacial score (nSPS) is 12.6. The van der Waals surface area contributed by atoms with Gasteiger partial charge >= 0.3 is 0 Å². The van der Waals surface area contributed by atoms with Crippen LogP contribution >= 0.6 is 11.3 Å². The van der Waals surface area contributed by atoms with Crippen LogP contribution in [0.5, 0.6) is 0 Å². The second-order valence-electron chi connectivity index (χ2n) is 3.92. The molecule has 2 heterocycles. The van der Waals surface area contributed by atoms with Crippen molar-refractivity contribution < 1.29 is 0 Å². The third-order valence-electron chi connectivity index (χ3n) is 2.58. The largest absolute Gasteiger partial charge is 0.309 e. The van der Waals surface area contributed by atoms with E-state index in [4.69, 9.17) is 0 Å². The molecule has 0 saturated heterocycles. The summed E-state index contributed by atoms with van der Waals surface area (Å²) in [7, 11) is 0. The van der Waals surface area contributed by atoms with Gasteiger partial charge < -0.3 is 5.32 Å². The van der Waals surface area contributed by atoms with Crippen LogP contribution in [0.4, 0.5) is 0 Å². The molecule has 2 aromatic heterocycles. The molecule has 2 rings (SSSR count). The highest BCUT2D eigenvalue weighted by Gasteiger charge is 2.06. The number of nitrogens with zero attached hydrogens (tertiary/aromatic N) is 3. The highest BCUT2D eigenvalue weighted by molar-refractivity contribution is 7.13. The van der Waals surface area contributed by atoms with E-state index in [9.17, 15) is 0 Å². The maximum absolute atomic E-state index is 4.54. The standard InChI is InChI=1S/C12H16N4S/c1-3-9(2)15-6-10-8-17-12(16-10)11-7-13-4-5-14-11/h4-5,7-9,15H,3,6H2,1-2H3. The van der Waals surface area contributed by atoms with E-state index >= 15 is 0 Å². The van der Waals surface area contributed by atoms with Gasteiger partial charge in [-0.3, -0.25) is 9.97 Å². The predicted octanol–water partition coefficient (Wildman–Crippen LogP) is 2.49. The van der Waals surface area contributed by atoms with Crippen molar-refractivity contribution >= 4 is 11.3 Å². The van der Waals surface area contributed by atoms with Crippen LogP contribution in [-0.4, -0.2) is 21.0 Å². The molecule has 0 radical (unpaired) electrons. The van der Waals surface area contributed by atoms with Gasteiger partial charge in [-0.1, -0.05) is 6.92 Å². The Hall–Kier alpha value is -1.33. The van der Waals surface area contributed by atoms with Gasteiger partial charge in [0.1, 0.15) is 10.7 Å². The van der Waals surface area contributed by atoms with Gasteiger partial charge in [-0.15, -0.1) is 11.3 Å². The van der Waals surface area contributed by atoms with Crippen LogP contribution in [-0.2, 0) is 6.54 Å². The minimum atomic E-state index is 0.525. The second kappa shape index (κ2) is 5.84. The molecule has 0 aliphatic heterocycles. The Kier molecular flexibility index (Phi) is 4.17. The molecule has 90 valence electrons. The van der Waals surface area contributed by atoms with Gasteiger partial charge in [0, 0.05) is 30.4 Å². The molecule has 1 unspecified atom stereocenters. The second-order valence-corrected chi connectivity index (χ2v) is 4.78. The van der Waals surface area contributed by atoms with Crippen LogP contribution in [0, 0.1) is 0 Å². The van der Waals surface area contributed by atoms with Crippen LogP contribution in [0.15, 0.2) is 24.0 Å². The fraction of sp³-hybridized carbons (Fsp3) is 0.417. The first-order chi connectivity index (χ1) is 8.29. The SMILES string of the molecule is CCC(C)NCc1csc(-c2cnccn2)n1. The average Bonchev–Trinajstić information content (AvgIpc) is 2.86. The summed E-state index contributed by atoms with van der Waals surface area (Å²) >= 11 is 1.61. The molecule has 1 atom stereocenters. The summed E-state index contributed by atoms with van der Waals surface area (Å²) in [6.45, 7) is 5.16. The van der Waals surface area contributed by atoms with E-state index in [1.54, 1.807) is 29.9 Å². The first-order valence-corrected chi connectivity index (χ1v) is 6.61. The van der Waals surface area contributed by atoms with Crippen LogP contribution in [0.25, 0.3) is 10.7 Å².